The zero-order chi connectivity index (χ0) is 16.4. The number of fused-ring (bicyclic) bond motifs is 1. The molecule has 5 nitrogen and oxygen atoms in total. The van der Waals surface area contributed by atoms with Crippen LogP contribution in [0.4, 0.5) is 0 Å². The smallest absolute Gasteiger partial charge is 0.267 e. The molecule has 0 spiro atoms. The van der Waals surface area contributed by atoms with Crippen molar-refractivity contribution in [2.45, 2.75) is 38.6 Å². The molecule has 1 fully saturated rings. The molecule has 1 saturated carbocycles. The van der Waals surface area contributed by atoms with Gasteiger partial charge >= 0.3 is 0 Å². The standard InChI is InChI=1S/C18H24N2O3/c1-11-6-4-5-7-13(11)20-18(21)15-8-12-9-16(22-2)17(23-3)10-14(12)19-15/h8-11,13,19H,4-7H2,1-3H3,(H,20,21). The minimum atomic E-state index is -0.0436. The third-order valence-corrected chi connectivity index (χ3v) is 4.80. The van der Waals surface area contributed by atoms with Gasteiger partial charge in [-0.3, -0.25) is 4.79 Å². The van der Waals surface area contributed by atoms with Gasteiger partial charge in [0.25, 0.3) is 5.91 Å². The van der Waals surface area contributed by atoms with Crippen LogP contribution in [0.5, 0.6) is 11.5 Å². The second-order valence-corrected chi connectivity index (χ2v) is 6.32. The second kappa shape index (κ2) is 6.52. The van der Waals surface area contributed by atoms with E-state index in [2.05, 4.69) is 17.2 Å². The maximum Gasteiger partial charge on any atom is 0.267 e. The largest absolute Gasteiger partial charge is 0.493 e. The molecule has 1 heterocycles. The lowest BCUT2D eigenvalue weighted by Gasteiger charge is -2.29. The number of hydrogen-bond acceptors (Lipinski definition) is 3. The first-order valence-corrected chi connectivity index (χ1v) is 8.18. The number of nitrogens with one attached hydrogen (secondary N) is 2. The molecule has 124 valence electrons. The van der Waals surface area contributed by atoms with E-state index >= 15 is 0 Å². The molecule has 2 N–H and O–H groups in total. The summed E-state index contributed by atoms with van der Waals surface area (Å²) in [6.07, 6.45) is 4.71. The van der Waals surface area contributed by atoms with Crippen LogP contribution >= 0.6 is 0 Å². The molecule has 5 heteroatoms. The molecule has 23 heavy (non-hydrogen) atoms. The van der Waals surface area contributed by atoms with E-state index in [1.54, 1.807) is 14.2 Å². The van der Waals surface area contributed by atoms with E-state index in [1.807, 2.05) is 18.2 Å². The summed E-state index contributed by atoms with van der Waals surface area (Å²) in [5.41, 5.74) is 1.44. The van der Waals surface area contributed by atoms with E-state index in [-0.39, 0.29) is 11.9 Å². The Labute approximate surface area is 136 Å². The Morgan fingerprint density at radius 2 is 1.83 bits per heavy atom. The van der Waals surface area contributed by atoms with Gasteiger partial charge in [0.15, 0.2) is 11.5 Å². The summed E-state index contributed by atoms with van der Waals surface area (Å²) in [5.74, 6) is 1.80. The van der Waals surface area contributed by atoms with Crippen molar-refractivity contribution in [1.82, 2.24) is 10.3 Å². The molecule has 1 aliphatic rings. The van der Waals surface area contributed by atoms with Crippen molar-refractivity contribution in [2.24, 2.45) is 5.92 Å². The number of aromatic nitrogens is 1. The lowest BCUT2D eigenvalue weighted by Crippen LogP contribution is -2.41. The summed E-state index contributed by atoms with van der Waals surface area (Å²) in [4.78, 5) is 15.7. The molecule has 0 saturated heterocycles. The highest BCUT2D eigenvalue weighted by molar-refractivity contribution is 5.98. The number of carbonyl (C=O) groups excluding carboxylic acids is 1. The van der Waals surface area contributed by atoms with Gasteiger partial charge in [0.1, 0.15) is 5.69 Å². The number of benzene rings is 1. The molecular formula is C18H24N2O3. The Balaban J connectivity index is 1.83. The minimum absolute atomic E-state index is 0.0436. The summed E-state index contributed by atoms with van der Waals surface area (Å²) in [5, 5.41) is 4.11. The molecule has 2 atom stereocenters. The maximum absolute atomic E-state index is 12.5. The average Bonchev–Trinajstić information content (AvgIpc) is 2.98. The number of hydrogen-bond donors (Lipinski definition) is 2. The number of aromatic amines is 1. The lowest BCUT2D eigenvalue weighted by atomic mass is 9.86. The van der Waals surface area contributed by atoms with Gasteiger partial charge in [-0.15, -0.1) is 0 Å². The zero-order valence-corrected chi connectivity index (χ0v) is 13.9. The molecule has 0 aliphatic heterocycles. The van der Waals surface area contributed by atoms with Gasteiger partial charge in [-0.25, -0.2) is 0 Å². The number of methoxy groups -OCH3 is 2. The van der Waals surface area contributed by atoms with E-state index in [0.29, 0.717) is 23.1 Å². The normalized spacial score (nSPS) is 21.2. The third kappa shape index (κ3) is 3.14. The summed E-state index contributed by atoms with van der Waals surface area (Å²) >= 11 is 0. The molecule has 1 amide bonds. The molecule has 1 aliphatic carbocycles. The Kier molecular flexibility index (Phi) is 4.46. The average molecular weight is 316 g/mol. The summed E-state index contributed by atoms with van der Waals surface area (Å²) in [7, 11) is 3.21. The van der Waals surface area contributed by atoms with Gasteiger partial charge < -0.3 is 19.8 Å². The van der Waals surface area contributed by atoms with Crippen molar-refractivity contribution in [3.05, 3.63) is 23.9 Å². The number of carbonyl (C=O) groups is 1. The SMILES string of the molecule is COc1cc2cc(C(=O)NC3CCCCC3C)[nH]c2cc1OC. The lowest BCUT2D eigenvalue weighted by molar-refractivity contribution is 0.0906. The molecular weight excluding hydrogens is 292 g/mol. The first kappa shape index (κ1) is 15.7. The van der Waals surface area contributed by atoms with Crippen LogP contribution in [-0.4, -0.2) is 31.2 Å². The number of rotatable bonds is 4. The fourth-order valence-corrected chi connectivity index (χ4v) is 3.36. The minimum Gasteiger partial charge on any atom is -0.493 e. The Morgan fingerprint density at radius 1 is 1.13 bits per heavy atom. The highest BCUT2D eigenvalue weighted by Crippen LogP contribution is 2.32. The fraction of sp³-hybridized carbons (Fsp3) is 0.500. The predicted molar refractivity (Wildman–Crippen MR) is 90.3 cm³/mol. The number of ether oxygens (including phenoxy) is 2. The Hall–Kier alpha value is -2.17. The highest BCUT2D eigenvalue weighted by atomic mass is 16.5. The Bertz CT molecular complexity index is 667. The van der Waals surface area contributed by atoms with Crippen LogP contribution in [0.2, 0.25) is 0 Å². The quantitative estimate of drug-likeness (QED) is 0.907. The molecule has 2 aromatic rings. The van der Waals surface area contributed by atoms with Gasteiger partial charge in [-0.1, -0.05) is 19.8 Å². The van der Waals surface area contributed by atoms with Crippen LogP contribution in [0.15, 0.2) is 18.2 Å². The van der Waals surface area contributed by atoms with Crippen LogP contribution in [0.3, 0.4) is 0 Å². The van der Waals surface area contributed by atoms with Crippen molar-refractivity contribution in [2.75, 3.05) is 14.2 Å². The Morgan fingerprint density at radius 3 is 2.52 bits per heavy atom. The number of H-pyrrole nitrogens is 1. The summed E-state index contributed by atoms with van der Waals surface area (Å²) in [6, 6.07) is 5.87. The van der Waals surface area contributed by atoms with Crippen molar-refractivity contribution < 1.29 is 14.3 Å². The van der Waals surface area contributed by atoms with Gasteiger partial charge in [-0.05, 0) is 30.9 Å². The van der Waals surface area contributed by atoms with Crippen LogP contribution < -0.4 is 14.8 Å². The van der Waals surface area contributed by atoms with Crippen LogP contribution in [0.25, 0.3) is 10.9 Å². The molecule has 2 unspecified atom stereocenters. The van der Waals surface area contributed by atoms with Crippen molar-refractivity contribution >= 4 is 16.8 Å². The molecule has 0 bridgehead atoms. The summed E-state index contributed by atoms with van der Waals surface area (Å²) in [6.45, 7) is 2.21. The third-order valence-electron chi connectivity index (χ3n) is 4.80. The van der Waals surface area contributed by atoms with Crippen LogP contribution in [0.1, 0.15) is 43.1 Å². The van der Waals surface area contributed by atoms with Crippen LogP contribution in [-0.2, 0) is 0 Å². The van der Waals surface area contributed by atoms with Gasteiger partial charge in [0.2, 0.25) is 0 Å². The zero-order valence-electron chi connectivity index (χ0n) is 13.9. The van der Waals surface area contributed by atoms with Crippen molar-refractivity contribution in [3.63, 3.8) is 0 Å². The summed E-state index contributed by atoms with van der Waals surface area (Å²) < 4.78 is 10.6. The fourth-order valence-electron chi connectivity index (χ4n) is 3.36. The molecule has 1 aromatic carbocycles. The first-order valence-electron chi connectivity index (χ1n) is 8.18. The first-order chi connectivity index (χ1) is 11.1. The van der Waals surface area contributed by atoms with Gasteiger partial charge in [0.05, 0.1) is 14.2 Å². The van der Waals surface area contributed by atoms with Crippen molar-refractivity contribution in [1.29, 1.82) is 0 Å². The topological polar surface area (TPSA) is 63.3 Å². The van der Waals surface area contributed by atoms with E-state index in [9.17, 15) is 4.79 Å². The monoisotopic (exact) mass is 316 g/mol. The molecule has 3 rings (SSSR count). The molecule has 0 radical (unpaired) electrons. The highest BCUT2D eigenvalue weighted by Gasteiger charge is 2.24. The van der Waals surface area contributed by atoms with Gasteiger partial charge in [-0.2, -0.15) is 0 Å². The van der Waals surface area contributed by atoms with Gasteiger partial charge in [0, 0.05) is 23.0 Å². The van der Waals surface area contributed by atoms with E-state index < -0.39 is 0 Å². The number of amides is 1. The van der Waals surface area contributed by atoms with Crippen molar-refractivity contribution in [3.8, 4) is 11.5 Å². The van der Waals surface area contributed by atoms with Crippen LogP contribution in [0, 0.1) is 5.92 Å². The second-order valence-electron chi connectivity index (χ2n) is 6.32. The predicted octanol–water partition coefficient (Wildman–Crippen LogP) is 3.49. The maximum atomic E-state index is 12.5. The van der Waals surface area contributed by atoms with E-state index in [0.717, 1.165) is 17.3 Å². The van der Waals surface area contributed by atoms with E-state index in [4.69, 9.17) is 9.47 Å². The molecule has 1 aromatic heterocycles. The van der Waals surface area contributed by atoms with E-state index in [1.165, 1.54) is 19.3 Å².